The second-order valence-corrected chi connectivity index (χ2v) is 9.56. The zero-order chi connectivity index (χ0) is 25.4. The van der Waals surface area contributed by atoms with E-state index < -0.39 is 24.1 Å². The van der Waals surface area contributed by atoms with Crippen molar-refractivity contribution in [2.24, 2.45) is 0 Å². The van der Waals surface area contributed by atoms with Crippen LogP contribution in [0.1, 0.15) is 77.0 Å². The Bertz CT molecular complexity index is 1240. The number of fused-ring (bicyclic) bond motifs is 2. The minimum absolute atomic E-state index is 0.208. The van der Waals surface area contributed by atoms with Crippen molar-refractivity contribution in [3.8, 4) is 0 Å². The van der Waals surface area contributed by atoms with Crippen LogP contribution in [0, 0.1) is 0 Å². The summed E-state index contributed by atoms with van der Waals surface area (Å²) < 4.78 is 11.1. The number of carbonyl (C=O) groups is 4. The summed E-state index contributed by atoms with van der Waals surface area (Å²) in [6.07, 6.45) is 0.247. The van der Waals surface area contributed by atoms with E-state index in [9.17, 15) is 19.2 Å². The van der Waals surface area contributed by atoms with Gasteiger partial charge in [-0.15, -0.1) is 0 Å². The first-order valence-electron chi connectivity index (χ1n) is 12.2. The summed E-state index contributed by atoms with van der Waals surface area (Å²) >= 11 is 0. The van der Waals surface area contributed by atoms with Gasteiger partial charge in [-0.2, -0.15) is 0 Å². The largest absolute Gasteiger partial charge is 0.442 e. The quantitative estimate of drug-likeness (QED) is 0.622. The van der Waals surface area contributed by atoms with Crippen molar-refractivity contribution in [3.05, 3.63) is 69.8 Å². The van der Waals surface area contributed by atoms with E-state index in [2.05, 4.69) is 16.7 Å². The van der Waals surface area contributed by atoms with E-state index in [4.69, 9.17) is 9.47 Å². The van der Waals surface area contributed by atoms with Gasteiger partial charge in [0.2, 0.25) is 11.8 Å². The average Bonchev–Trinajstić information content (AvgIpc) is 3.19. The molecule has 3 aliphatic rings. The fraction of sp³-hybridized carbons (Fsp3) is 0.407. The van der Waals surface area contributed by atoms with E-state index in [-0.39, 0.29) is 24.3 Å². The summed E-state index contributed by atoms with van der Waals surface area (Å²) in [4.78, 5) is 50.9. The molecule has 9 heteroatoms. The van der Waals surface area contributed by atoms with Crippen LogP contribution in [0.15, 0.2) is 36.4 Å². The van der Waals surface area contributed by atoms with Crippen molar-refractivity contribution in [3.63, 3.8) is 0 Å². The molecule has 3 aliphatic heterocycles. The minimum atomic E-state index is -0.664. The van der Waals surface area contributed by atoms with Gasteiger partial charge in [-0.25, -0.2) is 4.79 Å². The topological polar surface area (TPSA) is 114 Å². The number of ether oxygens (including phenoxy) is 2. The first-order chi connectivity index (χ1) is 17.3. The highest BCUT2D eigenvalue weighted by molar-refractivity contribution is 6.05. The van der Waals surface area contributed by atoms with Gasteiger partial charge in [-0.1, -0.05) is 30.3 Å². The van der Waals surface area contributed by atoms with Crippen molar-refractivity contribution in [1.82, 2.24) is 15.5 Å². The summed E-state index contributed by atoms with van der Waals surface area (Å²) in [5.74, 6) is -1.02. The van der Waals surface area contributed by atoms with E-state index >= 15 is 0 Å². The van der Waals surface area contributed by atoms with Crippen LogP contribution in [-0.4, -0.2) is 41.4 Å². The fourth-order valence-corrected chi connectivity index (χ4v) is 5.00. The molecule has 3 atom stereocenters. The molecule has 5 rings (SSSR count). The van der Waals surface area contributed by atoms with Gasteiger partial charge in [0.15, 0.2) is 0 Å². The third-order valence-electron chi connectivity index (χ3n) is 7.14. The Morgan fingerprint density at radius 3 is 2.64 bits per heavy atom. The van der Waals surface area contributed by atoms with Gasteiger partial charge in [0.1, 0.15) is 12.1 Å². The number of piperidine rings is 1. The molecule has 2 aromatic rings. The number of amides is 4. The van der Waals surface area contributed by atoms with Crippen LogP contribution in [0.3, 0.4) is 0 Å². The molecule has 2 N–H and O–H groups in total. The smallest absolute Gasteiger partial charge is 0.408 e. The number of imide groups is 1. The van der Waals surface area contributed by atoms with E-state index in [1.165, 1.54) is 16.0 Å². The Labute approximate surface area is 209 Å². The van der Waals surface area contributed by atoms with Gasteiger partial charge >= 0.3 is 6.09 Å². The molecule has 4 amide bonds. The van der Waals surface area contributed by atoms with E-state index in [1.54, 1.807) is 13.0 Å². The maximum absolute atomic E-state index is 13.1. The van der Waals surface area contributed by atoms with Crippen molar-refractivity contribution in [1.29, 1.82) is 0 Å². The maximum atomic E-state index is 13.1. The Morgan fingerprint density at radius 2 is 1.83 bits per heavy atom. The Balaban J connectivity index is 1.21. The van der Waals surface area contributed by atoms with Gasteiger partial charge < -0.3 is 19.7 Å². The molecule has 1 fully saturated rings. The average molecular weight is 492 g/mol. The molecule has 0 radical (unpaired) electrons. The van der Waals surface area contributed by atoms with Crippen LogP contribution >= 0.6 is 0 Å². The summed E-state index contributed by atoms with van der Waals surface area (Å²) in [5, 5.41) is 5.19. The molecule has 9 nitrogen and oxygen atoms in total. The van der Waals surface area contributed by atoms with Crippen LogP contribution < -0.4 is 10.6 Å². The third kappa shape index (κ3) is 4.70. The normalized spacial score (nSPS) is 20.8. The number of carbonyl (C=O) groups excluding carboxylic acids is 4. The zero-order valence-electron chi connectivity index (χ0n) is 20.3. The van der Waals surface area contributed by atoms with Crippen LogP contribution in [0.4, 0.5) is 4.79 Å². The number of nitrogens with one attached hydrogen (secondary N) is 2. The minimum Gasteiger partial charge on any atom is -0.442 e. The van der Waals surface area contributed by atoms with Crippen LogP contribution in [-0.2, 0) is 38.6 Å². The Hall–Kier alpha value is -3.72. The van der Waals surface area contributed by atoms with Crippen LogP contribution in [0.2, 0.25) is 0 Å². The predicted molar refractivity (Wildman–Crippen MR) is 129 cm³/mol. The number of alkyl carbamates (subject to hydrolysis) is 1. The molecule has 3 heterocycles. The number of hydrogen-bond acceptors (Lipinski definition) is 6. The number of rotatable bonds is 5. The van der Waals surface area contributed by atoms with Crippen molar-refractivity contribution in [2.75, 3.05) is 6.61 Å². The van der Waals surface area contributed by atoms with E-state index in [0.717, 1.165) is 17.5 Å². The van der Waals surface area contributed by atoms with Crippen molar-refractivity contribution < 1.29 is 28.7 Å². The highest BCUT2D eigenvalue weighted by atomic mass is 16.6. The molecule has 0 spiro atoms. The third-order valence-corrected chi connectivity index (χ3v) is 7.14. The summed E-state index contributed by atoms with van der Waals surface area (Å²) in [6, 6.07) is 10.6. The van der Waals surface area contributed by atoms with Gasteiger partial charge in [0, 0.05) is 18.5 Å². The highest BCUT2D eigenvalue weighted by Crippen LogP contribution is 2.30. The monoisotopic (exact) mass is 491 g/mol. The first-order valence-corrected chi connectivity index (χ1v) is 12.2. The lowest BCUT2D eigenvalue weighted by molar-refractivity contribution is -0.136. The second-order valence-electron chi connectivity index (χ2n) is 9.56. The number of benzene rings is 2. The first kappa shape index (κ1) is 24.0. The molecule has 1 saturated heterocycles. The second kappa shape index (κ2) is 9.73. The molecule has 188 valence electrons. The molecule has 0 saturated carbocycles. The summed E-state index contributed by atoms with van der Waals surface area (Å²) in [6.45, 7) is 5.28. The summed E-state index contributed by atoms with van der Waals surface area (Å²) in [7, 11) is 0. The summed E-state index contributed by atoms with van der Waals surface area (Å²) in [5.41, 5.74) is 5.38. The maximum Gasteiger partial charge on any atom is 0.408 e. The van der Waals surface area contributed by atoms with Crippen LogP contribution in [0.25, 0.3) is 0 Å². The van der Waals surface area contributed by atoms with Gasteiger partial charge in [0.05, 0.1) is 19.3 Å². The molecule has 36 heavy (non-hydrogen) atoms. The zero-order valence-corrected chi connectivity index (χ0v) is 20.3. The lowest BCUT2D eigenvalue weighted by atomic mass is 9.97. The Morgan fingerprint density at radius 1 is 1.06 bits per heavy atom. The molecule has 0 aliphatic carbocycles. The van der Waals surface area contributed by atoms with Crippen molar-refractivity contribution >= 4 is 23.8 Å². The van der Waals surface area contributed by atoms with Gasteiger partial charge in [-0.3, -0.25) is 19.7 Å². The molecule has 2 aromatic carbocycles. The number of nitrogens with zero attached hydrogens (tertiary/aromatic N) is 1. The standard InChI is InChI=1S/C27H29N3O6/c1-15(17-3-6-21-14-35-10-9-19(21)11-17)28-27(34)36-16(2)18-4-5-20-13-30(26(33)22(20)12-18)23-7-8-24(31)29-25(23)32/h3-6,11-12,15-16,23H,7-10,13-14H2,1-2H3,(H,28,34)(H,29,31,32). The lowest BCUT2D eigenvalue weighted by Crippen LogP contribution is -2.52. The molecular weight excluding hydrogens is 462 g/mol. The molecule has 0 aromatic heterocycles. The van der Waals surface area contributed by atoms with Crippen molar-refractivity contribution in [2.45, 2.75) is 64.4 Å². The Kier molecular flexibility index (Phi) is 6.49. The molecular formula is C27H29N3O6. The fourth-order valence-electron chi connectivity index (χ4n) is 5.00. The molecule has 0 bridgehead atoms. The predicted octanol–water partition coefficient (Wildman–Crippen LogP) is 3.07. The molecule has 3 unspecified atom stereocenters. The van der Waals surface area contributed by atoms with Crippen LogP contribution in [0.5, 0.6) is 0 Å². The van der Waals surface area contributed by atoms with Gasteiger partial charge in [-0.05, 0) is 60.6 Å². The van der Waals surface area contributed by atoms with E-state index in [1.807, 2.05) is 31.2 Å². The number of hydrogen-bond donors (Lipinski definition) is 2. The SMILES string of the molecule is CC(NC(=O)OC(C)c1ccc2c(c1)C(=O)N(C1CCC(=O)NC1=O)C2)c1ccc2c(c1)CCOC2. The van der Waals surface area contributed by atoms with Gasteiger partial charge in [0.25, 0.3) is 5.91 Å². The lowest BCUT2D eigenvalue weighted by Gasteiger charge is -2.29. The highest BCUT2D eigenvalue weighted by Gasteiger charge is 2.39. The van der Waals surface area contributed by atoms with E-state index in [0.29, 0.717) is 37.3 Å².